The fraction of sp³-hybridized carbons (Fsp3) is 0.500. The van der Waals surface area contributed by atoms with Crippen molar-refractivity contribution in [2.75, 3.05) is 32.8 Å². The van der Waals surface area contributed by atoms with E-state index in [4.69, 9.17) is 4.42 Å². The molecule has 0 aliphatic carbocycles. The van der Waals surface area contributed by atoms with Crippen molar-refractivity contribution in [3.8, 4) is 11.5 Å². The highest BCUT2D eigenvalue weighted by Crippen LogP contribution is 2.41. The van der Waals surface area contributed by atoms with E-state index in [1.165, 1.54) is 10.4 Å². The van der Waals surface area contributed by atoms with Crippen LogP contribution in [0.15, 0.2) is 33.9 Å². The molecule has 2 aromatic rings. The molecule has 2 aromatic heterocycles. The Morgan fingerprint density at radius 1 is 1.43 bits per heavy atom. The average Bonchev–Trinajstić information content (AvgIpc) is 3.28. The van der Waals surface area contributed by atoms with Crippen molar-refractivity contribution in [1.82, 2.24) is 19.8 Å². The maximum absolute atomic E-state index is 12.8. The summed E-state index contributed by atoms with van der Waals surface area (Å²) in [5, 5.41) is 19.4. The maximum atomic E-state index is 12.8. The molecular weight excluding hydrogens is 320 g/mol. The Balaban J connectivity index is 1.62. The summed E-state index contributed by atoms with van der Waals surface area (Å²) in [5.41, 5.74) is 0.243. The zero-order valence-corrected chi connectivity index (χ0v) is 13.2. The first-order valence-electron chi connectivity index (χ1n) is 7.46. The number of aromatic nitrogens is 2. The number of fused-ring (bicyclic) bond motifs is 1. The molecule has 0 aromatic carbocycles. The van der Waals surface area contributed by atoms with E-state index in [0.29, 0.717) is 31.1 Å². The Labute approximate surface area is 133 Å². The van der Waals surface area contributed by atoms with Crippen molar-refractivity contribution in [3.63, 3.8) is 0 Å². The van der Waals surface area contributed by atoms with E-state index in [9.17, 15) is 13.5 Å². The second-order valence-corrected chi connectivity index (χ2v) is 8.10. The van der Waals surface area contributed by atoms with Crippen LogP contribution in [0.5, 0.6) is 0 Å². The number of H-pyrrole nitrogens is 1. The number of sulfonamides is 1. The fourth-order valence-electron chi connectivity index (χ4n) is 3.50. The summed E-state index contributed by atoms with van der Waals surface area (Å²) < 4.78 is 32.6. The molecule has 0 spiro atoms. The van der Waals surface area contributed by atoms with Gasteiger partial charge in [0, 0.05) is 31.2 Å². The maximum Gasteiger partial charge on any atom is 0.276 e. The van der Waals surface area contributed by atoms with Crippen molar-refractivity contribution in [2.45, 2.75) is 5.09 Å². The van der Waals surface area contributed by atoms with Crippen molar-refractivity contribution < 1.29 is 17.9 Å². The zero-order chi connectivity index (χ0) is 16.1. The van der Waals surface area contributed by atoms with Crippen LogP contribution in [0.1, 0.15) is 0 Å². The molecule has 2 fully saturated rings. The Bertz CT molecular complexity index is 801. The highest BCUT2D eigenvalue weighted by atomic mass is 32.2. The molecular formula is C14H18N4O4S. The van der Waals surface area contributed by atoms with Crippen LogP contribution in [-0.2, 0) is 10.0 Å². The molecule has 124 valence electrons. The van der Waals surface area contributed by atoms with Gasteiger partial charge in [-0.2, -0.15) is 9.40 Å². The normalized spacial score (nSPS) is 28.3. The van der Waals surface area contributed by atoms with Gasteiger partial charge in [-0.15, -0.1) is 0 Å². The summed E-state index contributed by atoms with van der Waals surface area (Å²) in [7, 11) is -3.71. The Kier molecular flexibility index (Phi) is 3.34. The third kappa shape index (κ3) is 2.23. The topological polar surface area (TPSA) is 111 Å². The van der Waals surface area contributed by atoms with Gasteiger partial charge in [-0.25, -0.2) is 8.42 Å². The quantitative estimate of drug-likeness (QED) is 0.716. The Morgan fingerprint density at radius 2 is 2.30 bits per heavy atom. The lowest BCUT2D eigenvalue weighted by Gasteiger charge is -2.24. The molecule has 0 radical (unpaired) electrons. The lowest BCUT2D eigenvalue weighted by Crippen LogP contribution is -2.37. The van der Waals surface area contributed by atoms with Gasteiger partial charge in [0.1, 0.15) is 5.69 Å². The zero-order valence-electron chi connectivity index (χ0n) is 12.4. The number of aliphatic hydroxyl groups is 1. The van der Waals surface area contributed by atoms with Gasteiger partial charge in [0.05, 0.1) is 6.61 Å². The molecule has 4 heterocycles. The molecule has 2 unspecified atom stereocenters. The highest BCUT2D eigenvalue weighted by molar-refractivity contribution is 7.89. The summed E-state index contributed by atoms with van der Waals surface area (Å²) in [6.45, 7) is 2.05. The van der Waals surface area contributed by atoms with E-state index < -0.39 is 10.0 Å². The number of furan rings is 1. The third-order valence-corrected chi connectivity index (χ3v) is 6.59. The second kappa shape index (κ2) is 5.17. The van der Waals surface area contributed by atoms with Gasteiger partial charge in [0.2, 0.25) is 5.09 Å². The molecule has 3 N–H and O–H groups in total. The molecule has 2 aliphatic heterocycles. The molecule has 23 heavy (non-hydrogen) atoms. The minimum Gasteiger partial charge on any atom is -0.442 e. The number of aliphatic hydroxyl groups excluding tert-OH is 1. The van der Waals surface area contributed by atoms with E-state index in [2.05, 4.69) is 15.5 Å². The number of nitrogens with zero attached hydrogens (tertiary/aromatic N) is 2. The molecule has 0 amide bonds. The van der Waals surface area contributed by atoms with Crippen LogP contribution in [-0.4, -0.2) is 60.8 Å². The SMILES string of the molecule is O=S(=O)(c1ccc(-c2ccn[nH]2)o1)N1CC2CNCC2(CO)C1. The van der Waals surface area contributed by atoms with Gasteiger partial charge in [-0.3, -0.25) is 5.10 Å². The van der Waals surface area contributed by atoms with E-state index in [0.717, 1.165) is 6.54 Å². The number of aromatic amines is 1. The summed E-state index contributed by atoms with van der Waals surface area (Å²) in [6, 6.07) is 4.78. The molecule has 9 heteroatoms. The van der Waals surface area contributed by atoms with Crippen molar-refractivity contribution in [3.05, 3.63) is 24.4 Å². The molecule has 0 bridgehead atoms. The van der Waals surface area contributed by atoms with Crippen LogP contribution in [0.2, 0.25) is 0 Å². The number of nitrogens with one attached hydrogen (secondary N) is 2. The van der Waals surface area contributed by atoms with Crippen LogP contribution in [0.3, 0.4) is 0 Å². The molecule has 8 nitrogen and oxygen atoms in total. The van der Waals surface area contributed by atoms with Gasteiger partial charge in [0.15, 0.2) is 5.76 Å². The number of rotatable bonds is 4. The van der Waals surface area contributed by atoms with Crippen molar-refractivity contribution in [2.24, 2.45) is 11.3 Å². The van der Waals surface area contributed by atoms with E-state index >= 15 is 0 Å². The van der Waals surface area contributed by atoms with Crippen LogP contribution < -0.4 is 5.32 Å². The number of hydrogen-bond acceptors (Lipinski definition) is 6. The minimum atomic E-state index is -3.71. The van der Waals surface area contributed by atoms with Gasteiger partial charge in [0.25, 0.3) is 10.0 Å². The van der Waals surface area contributed by atoms with Gasteiger partial charge in [-0.1, -0.05) is 0 Å². The molecule has 0 saturated carbocycles. The lowest BCUT2D eigenvalue weighted by molar-refractivity contribution is 0.130. The summed E-state index contributed by atoms with van der Waals surface area (Å²) in [6.07, 6.45) is 1.58. The van der Waals surface area contributed by atoms with Gasteiger partial charge in [-0.05, 0) is 30.7 Å². The van der Waals surface area contributed by atoms with Crippen LogP contribution >= 0.6 is 0 Å². The molecule has 4 rings (SSSR count). The van der Waals surface area contributed by atoms with Crippen molar-refractivity contribution in [1.29, 1.82) is 0 Å². The Morgan fingerprint density at radius 3 is 3.00 bits per heavy atom. The Hall–Kier alpha value is -1.68. The first-order chi connectivity index (χ1) is 11.0. The smallest absolute Gasteiger partial charge is 0.276 e. The van der Waals surface area contributed by atoms with Crippen LogP contribution in [0, 0.1) is 11.3 Å². The van der Waals surface area contributed by atoms with Gasteiger partial charge < -0.3 is 14.8 Å². The third-order valence-electron chi connectivity index (χ3n) is 4.91. The van der Waals surface area contributed by atoms with E-state index in [-0.39, 0.29) is 23.0 Å². The standard InChI is InChI=1S/C14H18N4O4S/c19-9-14-7-15-5-10(14)6-18(8-14)23(20,21)13-2-1-12(22-13)11-3-4-16-17-11/h1-4,10,15,19H,5-9H2,(H,16,17). The summed E-state index contributed by atoms with van der Waals surface area (Å²) in [4.78, 5) is 0. The fourth-order valence-corrected chi connectivity index (χ4v) is 5.00. The van der Waals surface area contributed by atoms with E-state index in [1.54, 1.807) is 18.3 Å². The predicted octanol–water partition coefficient (Wildman–Crippen LogP) is -0.128. The summed E-state index contributed by atoms with van der Waals surface area (Å²) in [5.74, 6) is 0.559. The molecule has 2 atom stereocenters. The first kappa shape index (κ1) is 14.9. The largest absolute Gasteiger partial charge is 0.442 e. The van der Waals surface area contributed by atoms with Crippen LogP contribution in [0.25, 0.3) is 11.5 Å². The minimum absolute atomic E-state index is 0.0196. The van der Waals surface area contributed by atoms with E-state index in [1.807, 2.05) is 0 Å². The number of hydrogen-bond donors (Lipinski definition) is 3. The van der Waals surface area contributed by atoms with Gasteiger partial charge >= 0.3 is 0 Å². The summed E-state index contributed by atoms with van der Waals surface area (Å²) >= 11 is 0. The molecule has 2 aliphatic rings. The average molecular weight is 338 g/mol. The predicted molar refractivity (Wildman–Crippen MR) is 80.9 cm³/mol. The first-order valence-corrected chi connectivity index (χ1v) is 8.90. The monoisotopic (exact) mass is 338 g/mol. The lowest BCUT2D eigenvalue weighted by atomic mass is 9.82. The second-order valence-electron chi connectivity index (χ2n) is 6.23. The van der Waals surface area contributed by atoms with Crippen LogP contribution in [0.4, 0.5) is 0 Å². The molecule has 2 saturated heterocycles. The van der Waals surface area contributed by atoms with Crippen molar-refractivity contribution >= 4 is 10.0 Å². The highest BCUT2D eigenvalue weighted by Gasteiger charge is 2.52.